The summed E-state index contributed by atoms with van der Waals surface area (Å²) in [7, 11) is 0. The van der Waals surface area contributed by atoms with E-state index in [1.165, 1.54) is 6.07 Å². The van der Waals surface area contributed by atoms with Gasteiger partial charge < -0.3 is 5.11 Å². The largest absolute Gasteiger partial charge is 0.481 e. The van der Waals surface area contributed by atoms with Crippen LogP contribution in [0.25, 0.3) is 6.08 Å². The zero-order chi connectivity index (χ0) is 10.8. The molecule has 0 aromatic heterocycles. The van der Waals surface area contributed by atoms with Crippen LogP contribution in [0.2, 0.25) is 0 Å². The fourth-order valence-electron chi connectivity index (χ4n) is 1.55. The van der Waals surface area contributed by atoms with Crippen molar-refractivity contribution in [1.29, 1.82) is 0 Å². The van der Waals surface area contributed by atoms with Gasteiger partial charge in [0.2, 0.25) is 0 Å². The molecule has 1 aliphatic rings. The molecule has 2 atom stereocenters. The van der Waals surface area contributed by atoms with Gasteiger partial charge in [-0.2, -0.15) is 0 Å². The molecule has 1 saturated carbocycles. The maximum Gasteiger partial charge on any atom is 0.307 e. The summed E-state index contributed by atoms with van der Waals surface area (Å²) in [6, 6.07) is 6.44. The van der Waals surface area contributed by atoms with Crippen LogP contribution in [0.15, 0.2) is 30.3 Å². The van der Waals surface area contributed by atoms with Crippen LogP contribution in [0.5, 0.6) is 0 Å². The number of hydrogen-bond acceptors (Lipinski definition) is 1. The van der Waals surface area contributed by atoms with Gasteiger partial charge in [0.15, 0.2) is 0 Å². The lowest BCUT2D eigenvalue weighted by atomic mass is 10.1. The quantitative estimate of drug-likeness (QED) is 0.825. The number of hydrogen-bond donors (Lipinski definition) is 1. The summed E-state index contributed by atoms with van der Waals surface area (Å²) in [6.45, 7) is 0. The number of carboxylic acid groups (broad SMARTS) is 1. The Morgan fingerprint density at radius 1 is 1.47 bits per heavy atom. The summed E-state index contributed by atoms with van der Waals surface area (Å²) in [5.74, 6) is -1.24. The lowest BCUT2D eigenvalue weighted by Gasteiger charge is -1.94. The lowest BCUT2D eigenvalue weighted by molar-refractivity contribution is -0.138. The molecule has 0 saturated heterocycles. The normalized spacial score (nSPS) is 24.3. The van der Waals surface area contributed by atoms with Crippen LogP contribution >= 0.6 is 0 Å². The van der Waals surface area contributed by atoms with E-state index in [0.717, 1.165) is 0 Å². The molecule has 1 aromatic carbocycles. The molecule has 0 aliphatic heterocycles. The van der Waals surface area contributed by atoms with Gasteiger partial charge in [-0.3, -0.25) is 4.79 Å². The molecule has 1 fully saturated rings. The molecule has 15 heavy (non-hydrogen) atoms. The number of rotatable bonds is 3. The molecule has 0 amide bonds. The molecule has 2 rings (SSSR count). The van der Waals surface area contributed by atoms with Gasteiger partial charge in [0.05, 0.1) is 5.92 Å². The fourth-order valence-corrected chi connectivity index (χ4v) is 1.55. The van der Waals surface area contributed by atoms with Crippen LogP contribution in [-0.4, -0.2) is 11.1 Å². The van der Waals surface area contributed by atoms with Crippen molar-refractivity contribution in [3.05, 3.63) is 41.7 Å². The Labute approximate surface area is 87.0 Å². The van der Waals surface area contributed by atoms with Crippen molar-refractivity contribution < 1.29 is 14.3 Å². The number of halogens is 1. The Balaban J connectivity index is 2.02. The fraction of sp³-hybridized carbons (Fsp3) is 0.250. The third-order valence-electron chi connectivity index (χ3n) is 2.59. The zero-order valence-electron chi connectivity index (χ0n) is 8.06. The second-order valence-electron chi connectivity index (χ2n) is 3.72. The summed E-state index contributed by atoms with van der Waals surface area (Å²) in [5.41, 5.74) is 0.508. The van der Waals surface area contributed by atoms with Gasteiger partial charge in [-0.25, -0.2) is 4.39 Å². The van der Waals surface area contributed by atoms with Gasteiger partial charge in [0.1, 0.15) is 5.82 Å². The molecule has 0 heterocycles. The standard InChI is InChI=1S/C12H11FO2/c13-11-4-2-1-3-8(11)5-6-9-7-10(9)12(14)15/h1-6,9-10H,7H2,(H,14,15). The van der Waals surface area contributed by atoms with Crippen molar-refractivity contribution in [2.24, 2.45) is 11.8 Å². The summed E-state index contributed by atoms with van der Waals surface area (Å²) in [4.78, 5) is 10.5. The average Bonchev–Trinajstić information content (AvgIpc) is 2.96. The zero-order valence-corrected chi connectivity index (χ0v) is 8.06. The van der Waals surface area contributed by atoms with E-state index in [-0.39, 0.29) is 17.7 Å². The predicted molar refractivity (Wildman–Crippen MR) is 54.7 cm³/mol. The van der Waals surface area contributed by atoms with E-state index >= 15 is 0 Å². The molecule has 3 heteroatoms. The SMILES string of the molecule is O=C(O)C1CC1C=Cc1ccccc1F. The minimum absolute atomic E-state index is 0.0714. The minimum Gasteiger partial charge on any atom is -0.481 e. The van der Waals surface area contributed by atoms with E-state index in [2.05, 4.69) is 0 Å². The highest BCUT2D eigenvalue weighted by Crippen LogP contribution is 2.40. The number of allylic oxidation sites excluding steroid dienone is 1. The van der Waals surface area contributed by atoms with Gasteiger partial charge in [0.25, 0.3) is 0 Å². The van der Waals surface area contributed by atoms with Gasteiger partial charge >= 0.3 is 5.97 Å². The Morgan fingerprint density at radius 2 is 2.20 bits per heavy atom. The van der Waals surface area contributed by atoms with Crippen molar-refractivity contribution in [1.82, 2.24) is 0 Å². The monoisotopic (exact) mass is 206 g/mol. The number of carbonyl (C=O) groups is 1. The summed E-state index contributed by atoms with van der Waals surface area (Å²) < 4.78 is 13.1. The number of carboxylic acids is 1. The Morgan fingerprint density at radius 3 is 2.80 bits per heavy atom. The molecule has 1 N–H and O–H groups in total. The van der Waals surface area contributed by atoms with Gasteiger partial charge in [-0.05, 0) is 18.4 Å². The second-order valence-corrected chi connectivity index (χ2v) is 3.72. The van der Waals surface area contributed by atoms with Crippen LogP contribution in [0.4, 0.5) is 4.39 Å². The van der Waals surface area contributed by atoms with Crippen LogP contribution in [-0.2, 0) is 4.79 Å². The highest BCUT2D eigenvalue weighted by Gasteiger charge is 2.41. The van der Waals surface area contributed by atoms with Gasteiger partial charge in [-0.15, -0.1) is 0 Å². The number of aliphatic carboxylic acids is 1. The van der Waals surface area contributed by atoms with E-state index in [0.29, 0.717) is 12.0 Å². The van der Waals surface area contributed by atoms with Gasteiger partial charge in [0, 0.05) is 5.56 Å². The lowest BCUT2D eigenvalue weighted by Crippen LogP contribution is -1.97. The predicted octanol–water partition coefficient (Wildman–Crippen LogP) is 2.56. The molecule has 0 radical (unpaired) electrons. The first-order chi connectivity index (χ1) is 7.18. The average molecular weight is 206 g/mol. The third kappa shape index (κ3) is 2.24. The topological polar surface area (TPSA) is 37.3 Å². The molecular weight excluding hydrogens is 195 g/mol. The van der Waals surface area contributed by atoms with Gasteiger partial charge in [-0.1, -0.05) is 30.4 Å². The van der Waals surface area contributed by atoms with E-state index in [9.17, 15) is 9.18 Å². The molecule has 1 aliphatic carbocycles. The smallest absolute Gasteiger partial charge is 0.307 e. The first kappa shape index (κ1) is 9.90. The Kier molecular flexibility index (Phi) is 2.54. The van der Waals surface area contributed by atoms with Crippen molar-refractivity contribution in [2.45, 2.75) is 6.42 Å². The molecule has 0 spiro atoms. The molecule has 2 nitrogen and oxygen atoms in total. The van der Waals surface area contributed by atoms with Crippen LogP contribution in [0.3, 0.4) is 0 Å². The molecule has 78 valence electrons. The van der Waals surface area contributed by atoms with E-state index in [1.54, 1.807) is 30.4 Å². The third-order valence-corrected chi connectivity index (χ3v) is 2.59. The highest BCUT2D eigenvalue weighted by atomic mass is 19.1. The van der Waals surface area contributed by atoms with Crippen molar-refractivity contribution in [3.8, 4) is 0 Å². The van der Waals surface area contributed by atoms with Crippen LogP contribution in [0, 0.1) is 17.7 Å². The second kappa shape index (κ2) is 3.85. The molecule has 1 aromatic rings. The van der Waals surface area contributed by atoms with Crippen LogP contribution < -0.4 is 0 Å². The highest BCUT2D eigenvalue weighted by molar-refractivity contribution is 5.74. The first-order valence-corrected chi connectivity index (χ1v) is 4.84. The maximum atomic E-state index is 13.1. The van der Waals surface area contributed by atoms with E-state index < -0.39 is 5.97 Å². The number of benzene rings is 1. The van der Waals surface area contributed by atoms with E-state index in [1.807, 2.05) is 0 Å². The van der Waals surface area contributed by atoms with E-state index in [4.69, 9.17) is 5.11 Å². The van der Waals surface area contributed by atoms with Crippen molar-refractivity contribution in [2.75, 3.05) is 0 Å². The Hall–Kier alpha value is -1.64. The maximum absolute atomic E-state index is 13.1. The summed E-state index contributed by atoms with van der Waals surface area (Å²) in [6.07, 6.45) is 4.10. The summed E-state index contributed by atoms with van der Waals surface area (Å²) >= 11 is 0. The van der Waals surface area contributed by atoms with Crippen molar-refractivity contribution >= 4 is 12.0 Å². The summed E-state index contributed by atoms with van der Waals surface area (Å²) in [5, 5.41) is 8.67. The van der Waals surface area contributed by atoms with Crippen LogP contribution in [0.1, 0.15) is 12.0 Å². The molecular formula is C12H11FO2. The Bertz CT molecular complexity index is 412. The molecule has 2 unspecified atom stereocenters. The minimum atomic E-state index is -0.766. The van der Waals surface area contributed by atoms with Crippen molar-refractivity contribution in [3.63, 3.8) is 0 Å². The molecule has 0 bridgehead atoms. The first-order valence-electron chi connectivity index (χ1n) is 4.84.